The van der Waals surface area contributed by atoms with Crippen molar-refractivity contribution in [1.82, 2.24) is 9.47 Å². The molecule has 4 rings (SSSR count). The Morgan fingerprint density at radius 2 is 1.88 bits per heavy atom. The van der Waals surface area contributed by atoms with Crippen LogP contribution < -0.4 is 15.4 Å². The van der Waals surface area contributed by atoms with E-state index in [9.17, 15) is 31.5 Å². The highest BCUT2D eigenvalue weighted by Crippen LogP contribution is 2.32. The summed E-state index contributed by atoms with van der Waals surface area (Å²) in [6, 6.07) is 11.1. The van der Waals surface area contributed by atoms with Gasteiger partial charge in [0.25, 0.3) is 5.91 Å². The average Bonchev–Trinajstić information content (AvgIpc) is 3.27. The van der Waals surface area contributed by atoms with E-state index in [0.717, 1.165) is 10.8 Å². The van der Waals surface area contributed by atoms with Gasteiger partial charge >= 0.3 is 6.18 Å². The molecule has 3 N–H and O–H groups in total. The van der Waals surface area contributed by atoms with Gasteiger partial charge in [0.15, 0.2) is 9.84 Å². The Hall–Kier alpha value is -3.89. The molecule has 0 spiro atoms. The number of aliphatic hydroxyl groups is 1. The van der Waals surface area contributed by atoms with Crippen LogP contribution in [0.15, 0.2) is 47.4 Å². The van der Waals surface area contributed by atoms with Gasteiger partial charge in [-0.1, -0.05) is 12.0 Å². The number of halogens is 3. The zero-order chi connectivity index (χ0) is 30.7. The lowest BCUT2D eigenvalue weighted by molar-refractivity contribution is -0.140. The van der Waals surface area contributed by atoms with E-state index in [-0.39, 0.29) is 29.1 Å². The van der Waals surface area contributed by atoms with Crippen LogP contribution in [0.5, 0.6) is 5.75 Å². The molecule has 2 heterocycles. The zero-order valence-electron chi connectivity index (χ0n) is 23.5. The van der Waals surface area contributed by atoms with Crippen LogP contribution in [-0.2, 0) is 21.2 Å². The van der Waals surface area contributed by atoms with Crippen molar-refractivity contribution < 1.29 is 36.2 Å². The minimum Gasteiger partial charge on any atom is -0.495 e. The van der Waals surface area contributed by atoms with Crippen molar-refractivity contribution in [2.45, 2.75) is 49.5 Å². The Morgan fingerprint density at radius 3 is 2.50 bits per heavy atom. The van der Waals surface area contributed by atoms with Crippen molar-refractivity contribution in [1.29, 1.82) is 0 Å². The Bertz CT molecular complexity index is 1620. The first kappa shape index (κ1) is 31.1. The van der Waals surface area contributed by atoms with E-state index in [4.69, 9.17) is 4.74 Å². The number of methoxy groups -OCH3 is 1. The summed E-state index contributed by atoms with van der Waals surface area (Å²) in [7, 11) is -2.03. The molecule has 1 unspecified atom stereocenters. The van der Waals surface area contributed by atoms with Gasteiger partial charge in [-0.2, -0.15) is 13.2 Å². The predicted octanol–water partition coefficient (Wildman–Crippen LogP) is 3.86. The van der Waals surface area contributed by atoms with Gasteiger partial charge in [0, 0.05) is 42.5 Å². The van der Waals surface area contributed by atoms with Gasteiger partial charge in [-0.15, -0.1) is 0 Å². The normalized spacial score (nSPS) is 15.2. The molecule has 1 amide bonds. The largest absolute Gasteiger partial charge is 0.495 e. The van der Waals surface area contributed by atoms with E-state index >= 15 is 0 Å². The second-order valence-electron chi connectivity index (χ2n) is 10.2. The smallest absolute Gasteiger partial charge is 0.406 e. The third-order valence-electron chi connectivity index (χ3n) is 6.99. The number of carbonyl (C=O) groups is 1. The summed E-state index contributed by atoms with van der Waals surface area (Å²) < 4.78 is 70.7. The molecule has 1 aliphatic rings. The van der Waals surface area contributed by atoms with Crippen LogP contribution in [0.25, 0.3) is 10.9 Å². The second-order valence-corrected chi connectivity index (χ2v) is 12.2. The van der Waals surface area contributed by atoms with Crippen molar-refractivity contribution in [3.05, 3.63) is 48.2 Å². The molecule has 0 radical (unpaired) electrons. The molecule has 1 atom stereocenters. The molecule has 0 saturated carbocycles. The highest BCUT2D eigenvalue weighted by Gasteiger charge is 2.30. The maximum atomic E-state index is 13.6. The Labute approximate surface area is 242 Å². The van der Waals surface area contributed by atoms with E-state index in [1.165, 1.54) is 26.2 Å². The minimum atomic E-state index is -4.47. The molecule has 0 bridgehead atoms. The maximum absolute atomic E-state index is 13.6. The van der Waals surface area contributed by atoms with Gasteiger partial charge in [0.2, 0.25) is 0 Å². The molecule has 13 heteroatoms. The number of fused-ring (bicyclic) bond motifs is 1. The minimum absolute atomic E-state index is 0.00224. The van der Waals surface area contributed by atoms with Crippen LogP contribution in [0.1, 0.15) is 25.5 Å². The van der Waals surface area contributed by atoms with Gasteiger partial charge in [0.05, 0.1) is 35.4 Å². The Morgan fingerprint density at radius 1 is 1.17 bits per heavy atom. The second kappa shape index (κ2) is 12.5. The number of amides is 1. The highest BCUT2D eigenvalue weighted by atomic mass is 32.2. The van der Waals surface area contributed by atoms with E-state index in [2.05, 4.69) is 22.5 Å². The number of hydrogen-bond donors (Lipinski definition) is 3. The van der Waals surface area contributed by atoms with Crippen LogP contribution >= 0.6 is 0 Å². The summed E-state index contributed by atoms with van der Waals surface area (Å²) in [6.07, 6.45) is -3.18. The van der Waals surface area contributed by atoms with Crippen LogP contribution in [0.4, 0.5) is 24.5 Å². The number of rotatable bonds is 8. The first-order valence-electron chi connectivity index (χ1n) is 13.3. The quantitative estimate of drug-likeness (QED) is 0.334. The molecule has 42 heavy (non-hydrogen) atoms. The van der Waals surface area contributed by atoms with Crippen LogP contribution in [0.2, 0.25) is 0 Å². The SMILES string of the molecule is COc1cc(S(C)(=O)=O)ccc1NCC#Cc1cc2c(NC3CCN(C(=O)C(C)O)CC3)cccc2n1CC(F)(F)F. The molecule has 226 valence electrons. The number of aliphatic hydroxyl groups excluding tert-OH is 1. The van der Waals surface area contributed by atoms with Crippen molar-refractivity contribution in [3.63, 3.8) is 0 Å². The number of aromatic nitrogens is 1. The lowest BCUT2D eigenvalue weighted by Crippen LogP contribution is -2.45. The molecule has 1 aromatic heterocycles. The fourth-order valence-corrected chi connectivity index (χ4v) is 5.55. The van der Waals surface area contributed by atoms with Gasteiger partial charge in [-0.05, 0) is 56.0 Å². The standard InChI is InChI=1S/C29H33F3N4O5S/c1-19(37)28(38)35-14-11-20(12-15-35)34-24-7-4-8-26-23(24)16-21(36(26)18-29(30,31)32)6-5-13-33-25-10-9-22(42(3,39)40)17-27(25)41-2/h4,7-10,16-17,19-20,33-34,37H,11-15,18H2,1-3H3. The monoisotopic (exact) mass is 606 g/mol. The first-order chi connectivity index (χ1) is 19.8. The number of piperidine rings is 1. The fourth-order valence-electron chi connectivity index (χ4n) is 4.91. The summed E-state index contributed by atoms with van der Waals surface area (Å²) in [4.78, 5) is 13.8. The number of anilines is 2. The van der Waals surface area contributed by atoms with Gasteiger partial charge < -0.3 is 29.9 Å². The van der Waals surface area contributed by atoms with Crippen molar-refractivity contribution in [3.8, 4) is 17.6 Å². The van der Waals surface area contributed by atoms with Crippen LogP contribution in [-0.4, -0.2) is 80.2 Å². The summed E-state index contributed by atoms with van der Waals surface area (Å²) in [5.74, 6) is 5.68. The lowest BCUT2D eigenvalue weighted by atomic mass is 10.0. The highest BCUT2D eigenvalue weighted by molar-refractivity contribution is 7.90. The summed E-state index contributed by atoms with van der Waals surface area (Å²) in [5, 5.41) is 16.6. The number of hydrogen-bond acceptors (Lipinski definition) is 7. The number of carbonyl (C=O) groups excluding carboxylic acids is 1. The molecule has 3 aromatic rings. The number of benzene rings is 2. The van der Waals surface area contributed by atoms with E-state index in [0.29, 0.717) is 54.0 Å². The van der Waals surface area contributed by atoms with Crippen molar-refractivity contribution >= 4 is 38.0 Å². The molecule has 0 aliphatic carbocycles. The molecule has 1 aliphatic heterocycles. The number of sulfone groups is 1. The Kier molecular flexibility index (Phi) is 9.27. The van der Waals surface area contributed by atoms with Crippen molar-refractivity contribution in [2.24, 2.45) is 0 Å². The molecule has 2 aromatic carbocycles. The average molecular weight is 607 g/mol. The van der Waals surface area contributed by atoms with Crippen LogP contribution in [0, 0.1) is 11.8 Å². The predicted molar refractivity (Wildman–Crippen MR) is 154 cm³/mol. The third kappa shape index (κ3) is 7.49. The number of likely N-dealkylation sites (tertiary alicyclic amines) is 1. The topological polar surface area (TPSA) is 113 Å². The molecular formula is C29H33F3N4O5S. The zero-order valence-corrected chi connectivity index (χ0v) is 24.3. The number of nitrogens with one attached hydrogen (secondary N) is 2. The third-order valence-corrected chi connectivity index (χ3v) is 8.10. The maximum Gasteiger partial charge on any atom is 0.406 e. The fraction of sp³-hybridized carbons (Fsp3) is 0.414. The van der Waals surface area contributed by atoms with Gasteiger partial charge in [-0.25, -0.2) is 8.42 Å². The molecular weight excluding hydrogens is 573 g/mol. The number of nitrogens with zero attached hydrogens (tertiary/aromatic N) is 2. The van der Waals surface area contributed by atoms with Gasteiger partial charge in [0.1, 0.15) is 18.4 Å². The van der Waals surface area contributed by atoms with Crippen molar-refractivity contribution in [2.75, 3.05) is 43.6 Å². The summed E-state index contributed by atoms with van der Waals surface area (Å²) >= 11 is 0. The van der Waals surface area contributed by atoms with Crippen LogP contribution in [0.3, 0.4) is 0 Å². The van der Waals surface area contributed by atoms with E-state index in [1.54, 1.807) is 35.2 Å². The lowest BCUT2D eigenvalue weighted by Gasteiger charge is -2.33. The molecule has 1 fully saturated rings. The Balaban J connectivity index is 1.55. The summed E-state index contributed by atoms with van der Waals surface area (Å²) in [6.45, 7) is 1.23. The molecule has 1 saturated heterocycles. The van der Waals surface area contributed by atoms with E-state index < -0.39 is 28.7 Å². The van der Waals surface area contributed by atoms with E-state index in [1.807, 2.05) is 0 Å². The number of ether oxygens (including phenoxy) is 1. The van der Waals surface area contributed by atoms with Gasteiger partial charge in [-0.3, -0.25) is 4.79 Å². The molecule has 9 nitrogen and oxygen atoms in total. The first-order valence-corrected chi connectivity index (χ1v) is 15.2. The summed E-state index contributed by atoms with van der Waals surface area (Å²) in [5.41, 5.74) is 1.73. The number of alkyl halides is 3.